The molecule has 2 aromatic rings. The van der Waals surface area contributed by atoms with Crippen LogP contribution in [-0.4, -0.2) is 9.78 Å². The minimum absolute atomic E-state index is 0.689. The van der Waals surface area contributed by atoms with Crippen molar-refractivity contribution < 1.29 is 0 Å². The van der Waals surface area contributed by atoms with Gasteiger partial charge in [0.1, 0.15) is 0 Å². The van der Waals surface area contributed by atoms with Gasteiger partial charge in [0.25, 0.3) is 0 Å². The van der Waals surface area contributed by atoms with Crippen molar-refractivity contribution in [2.75, 3.05) is 5.32 Å². The van der Waals surface area contributed by atoms with E-state index < -0.39 is 0 Å². The first kappa shape index (κ1) is 11.2. The van der Waals surface area contributed by atoms with E-state index in [4.69, 9.17) is 5.26 Å². The lowest BCUT2D eigenvalue weighted by Crippen LogP contribution is -2.06. The van der Waals surface area contributed by atoms with Crippen molar-refractivity contribution in [2.45, 2.75) is 13.5 Å². The lowest BCUT2D eigenvalue weighted by atomic mass is 10.1. The molecule has 86 valence electrons. The highest BCUT2D eigenvalue weighted by atomic mass is 15.3. The molecule has 1 aromatic carbocycles. The number of anilines is 1. The summed E-state index contributed by atoms with van der Waals surface area (Å²) in [6.07, 6.45) is 1.78. The maximum Gasteiger partial charge on any atom is 0.0991 e. The third-order valence-corrected chi connectivity index (χ3v) is 2.74. The first-order valence-corrected chi connectivity index (χ1v) is 5.42. The van der Waals surface area contributed by atoms with Crippen molar-refractivity contribution in [2.24, 2.45) is 7.05 Å². The van der Waals surface area contributed by atoms with E-state index in [-0.39, 0.29) is 0 Å². The Balaban J connectivity index is 2.10. The van der Waals surface area contributed by atoms with Gasteiger partial charge in [0, 0.05) is 18.9 Å². The Bertz CT molecular complexity index is 563. The fourth-order valence-corrected chi connectivity index (χ4v) is 1.69. The van der Waals surface area contributed by atoms with Crippen LogP contribution < -0.4 is 5.32 Å². The zero-order valence-corrected chi connectivity index (χ0v) is 9.94. The standard InChI is InChI=1S/C13H14N4/c1-10-7-11(8-14)3-4-13(10)15-9-12-5-6-16-17(12)2/h3-7,15H,9H2,1-2H3. The number of rotatable bonds is 3. The second-order valence-corrected chi connectivity index (χ2v) is 3.94. The highest BCUT2D eigenvalue weighted by Gasteiger charge is 2.01. The summed E-state index contributed by atoms with van der Waals surface area (Å²) in [5.41, 5.74) is 3.93. The molecule has 0 aliphatic heterocycles. The van der Waals surface area contributed by atoms with E-state index >= 15 is 0 Å². The van der Waals surface area contributed by atoms with Crippen molar-refractivity contribution in [3.05, 3.63) is 47.3 Å². The Labute approximate surface area is 100 Å². The van der Waals surface area contributed by atoms with Crippen LogP contribution in [0.1, 0.15) is 16.8 Å². The number of hydrogen-bond donors (Lipinski definition) is 1. The Kier molecular flexibility index (Phi) is 3.10. The fraction of sp³-hybridized carbons (Fsp3) is 0.231. The van der Waals surface area contributed by atoms with Crippen LogP contribution in [0.2, 0.25) is 0 Å². The maximum absolute atomic E-state index is 8.79. The molecule has 0 fully saturated rings. The summed E-state index contributed by atoms with van der Waals surface area (Å²) in [5, 5.41) is 16.2. The zero-order valence-electron chi connectivity index (χ0n) is 9.94. The lowest BCUT2D eigenvalue weighted by molar-refractivity contribution is 0.720. The molecule has 0 saturated carbocycles. The third kappa shape index (κ3) is 2.45. The number of aromatic nitrogens is 2. The highest BCUT2D eigenvalue weighted by Crippen LogP contribution is 2.16. The van der Waals surface area contributed by atoms with Crippen molar-refractivity contribution in [1.82, 2.24) is 9.78 Å². The molecule has 0 unspecified atom stereocenters. The summed E-state index contributed by atoms with van der Waals surface area (Å²) in [6, 6.07) is 9.74. The van der Waals surface area contributed by atoms with Crippen LogP contribution in [0.4, 0.5) is 5.69 Å². The lowest BCUT2D eigenvalue weighted by Gasteiger charge is -2.09. The molecular formula is C13H14N4. The van der Waals surface area contributed by atoms with Gasteiger partial charge in [-0.1, -0.05) is 0 Å². The number of benzene rings is 1. The van der Waals surface area contributed by atoms with Gasteiger partial charge in [-0.3, -0.25) is 4.68 Å². The number of nitrogens with zero attached hydrogens (tertiary/aromatic N) is 3. The number of nitriles is 1. The average Bonchev–Trinajstić information content (AvgIpc) is 2.73. The molecule has 1 heterocycles. The molecule has 4 nitrogen and oxygen atoms in total. The van der Waals surface area contributed by atoms with Gasteiger partial charge in [-0.25, -0.2) is 0 Å². The van der Waals surface area contributed by atoms with Crippen LogP contribution in [0.3, 0.4) is 0 Å². The summed E-state index contributed by atoms with van der Waals surface area (Å²) in [7, 11) is 1.92. The van der Waals surface area contributed by atoms with Gasteiger partial charge in [0.05, 0.1) is 23.9 Å². The number of hydrogen-bond acceptors (Lipinski definition) is 3. The van der Waals surface area contributed by atoms with Gasteiger partial charge in [-0.15, -0.1) is 0 Å². The first-order valence-electron chi connectivity index (χ1n) is 5.42. The average molecular weight is 226 g/mol. The molecule has 17 heavy (non-hydrogen) atoms. The smallest absolute Gasteiger partial charge is 0.0991 e. The van der Waals surface area contributed by atoms with Crippen LogP contribution in [0.25, 0.3) is 0 Å². The summed E-state index contributed by atoms with van der Waals surface area (Å²) in [5.74, 6) is 0. The summed E-state index contributed by atoms with van der Waals surface area (Å²) >= 11 is 0. The number of nitrogens with one attached hydrogen (secondary N) is 1. The monoisotopic (exact) mass is 226 g/mol. The molecule has 0 bridgehead atoms. The largest absolute Gasteiger partial charge is 0.379 e. The Morgan fingerprint density at radius 2 is 2.24 bits per heavy atom. The quantitative estimate of drug-likeness (QED) is 0.873. The van der Waals surface area contributed by atoms with E-state index in [1.807, 2.05) is 42.9 Å². The van der Waals surface area contributed by atoms with Crippen LogP contribution in [-0.2, 0) is 13.6 Å². The summed E-state index contributed by atoms with van der Waals surface area (Å²) in [6.45, 7) is 2.72. The minimum atomic E-state index is 0.689. The normalized spacial score (nSPS) is 9.94. The van der Waals surface area contributed by atoms with Gasteiger partial charge < -0.3 is 5.32 Å². The van der Waals surface area contributed by atoms with Crippen LogP contribution in [0, 0.1) is 18.3 Å². The van der Waals surface area contributed by atoms with Gasteiger partial charge in [-0.05, 0) is 36.8 Å². The van der Waals surface area contributed by atoms with E-state index in [0.29, 0.717) is 5.56 Å². The second-order valence-electron chi connectivity index (χ2n) is 3.94. The molecule has 1 N–H and O–H groups in total. The van der Waals surface area contributed by atoms with Crippen LogP contribution in [0.5, 0.6) is 0 Å². The third-order valence-electron chi connectivity index (χ3n) is 2.74. The first-order chi connectivity index (χ1) is 8.20. The van der Waals surface area contributed by atoms with Gasteiger partial charge in [0.2, 0.25) is 0 Å². The number of aryl methyl sites for hydroxylation is 2. The molecular weight excluding hydrogens is 212 g/mol. The van der Waals surface area contributed by atoms with Crippen molar-refractivity contribution in [3.63, 3.8) is 0 Å². The Morgan fingerprint density at radius 3 is 2.82 bits per heavy atom. The SMILES string of the molecule is Cc1cc(C#N)ccc1NCc1ccnn1C. The molecule has 0 spiro atoms. The zero-order chi connectivity index (χ0) is 12.3. The van der Waals surface area contributed by atoms with Gasteiger partial charge >= 0.3 is 0 Å². The molecule has 0 atom stereocenters. The van der Waals surface area contributed by atoms with Crippen LogP contribution >= 0.6 is 0 Å². The van der Waals surface area contributed by atoms with Crippen molar-refractivity contribution >= 4 is 5.69 Å². The van der Waals surface area contributed by atoms with E-state index in [9.17, 15) is 0 Å². The summed E-state index contributed by atoms with van der Waals surface area (Å²) in [4.78, 5) is 0. The molecule has 1 aromatic heterocycles. The molecule has 0 saturated heterocycles. The minimum Gasteiger partial charge on any atom is -0.379 e. The van der Waals surface area contributed by atoms with E-state index in [2.05, 4.69) is 16.5 Å². The van der Waals surface area contributed by atoms with E-state index in [1.54, 1.807) is 6.20 Å². The van der Waals surface area contributed by atoms with Crippen molar-refractivity contribution in [1.29, 1.82) is 5.26 Å². The molecule has 0 radical (unpaired) electrons. The van der Waals surface area contributed by atoms with Crippen molar-refractivity contribution in [3.8, 4) is 6.07 Å². The Hall–Kier alpha value is -2.28. The van der Waals surface area contributed by atoms with E-state index in [0.717, 1.165) is 23.5 Å². The molecule has 2 rings (SSSR count). The Morgan fingerprint density at radius 1 is 1.41 bits per heavy atom. The van der Waals surface area contributed by atoms with E-state index in [1.165, 1.54) is 0 Å². The van der Waals surface area contributed by atoms with Gasteiger partial charge in [-0.2, -0.15) is 10.4 Å². The molecule has 0 amide bonds. The molecule has 0 aliphatic rings. The fourth-order valence-electron chi connectivity index (χ4n) is 1.69. The predicted molar refractivity (Wildman–Crippen MR) is 66.4 cm³/mol. The van der Waals surface area contributed by atoms with Gasteiger partial charge in [0.15, 0.2) is 0 Å². The maximum atomic E-state index is 8.79. The predicted octanol–water partition coefficient (Wildman–Crippen LogP) is 2.21. The topological polar surface area (TPSA) is 53.6 Å². The highest BCUT2D eigenvalue weighted by molar-refractivity contribution is 5.54. The molecule has 0 aliphatic carbocycles. The van der Waals surface area contributed by atoms with Crippen LogP contribution in [0.15, 0.2) is 30.5 Å². The summed E-state index contributed by atoms with van der Waals surface area (Å²) < 4.78 is 1.84. The second kappa shape index (κ2) is 4.71. The molecule has 4 heteroatoms.